The largest absolute Gasteiger partial charge is 0.480 e. The highest BCUT2D eigenvalue weighted by molar-refractivity contribution is 9.10. The molecule has 1 N–H and O–H groups in total. The van der Waals surface area contributed by atoms with Gasteiger partial charge in [-0.3, -0.25) is 9.36 Å². The SMILES string of the molecule is Cc1cc(-n2c(Br)nnc2SC(C)(C)C(=O)O)sc1-c1ccccc1. The fourth-order valence-electron chi connectivity index (χ4n) is 2.23. The number of aryl methyl sites for hydroxylation is 1. The quantitative estimate of drug-likeness (QED) is 0.567. The molecule has 0 aliphatic carbocycles. The van der Waals surface area contributed by atoms with E-state index in [1.807, 2.05) is 22.8 Å². The summed E-state index contributed by atoms with van der Waals surface area (Å²) >= 11 is 6.22. The number of nitrogens with zero attached hydrogens (tertiary/aromatic N) is 3. The summed E-state index contributed by atoms with van der Waals surface area (Å²) in [6.45, 7) is 5.37. The molecular weight excluding hydrogens is 422 g/mol. The molecule has 0 aliphatic rings. The summed E-state index contributed by atoms with van der Waals surface area (Å²) in [5.74, 6) is -0.893. The van der Waals surface area contributed by atoms with E-state index in [0.29, 0.717) is 9.89 Å². The number of aliphatic carboxylic acids is 1. The summed E-state index contributed by atoms with van der Waals surface area (Å²) in [7, 11) is 0. The maximum absolute atomic E-state index is 11.4. The van der Waals surface area contributed by atoms with Gasteiger partial charge in [0.15, 0.2) is 5.16 Å². The number of hydrogen-bond acceptors (Lipinski definition) is 5. The van der Waals surface area contributed by atoms with E-state index < -0.39 is 10.7 Å². The van der Waals surface area contributed by atoms with Gasteiger partial charge < -0.3 is 5.11 Å². The maximum Gasteiger partial charge on any atom is 0.319 e. The molecule has 130 valence electrons. The van der Waals surface area contributed by atoms with Gasteiger partial charge in [-0.1, -0.05) is 42.1 Å². The predicted octanol–water partition coefficient (Wildman–Crippen LogP) is 5.02. The third-order valence-electron chi connectivity index (χ3n) is 3.62. The molecule has 0 spiro atoms. The fourth-order valence-corrected chi connectivity index (χ4v) is 5.04. The number of hydrogen-bond donors (Lipinski definition) is 1. The first-order valence-corrected chi connectivity index (χ1v) is 9.92. The van der Waals surface area contributed by atoms with E-state index in [1.54, 1.807) is 25.2 Å². The lowest BCUT2D eigenvalue weighted by Crippen LogP contribution is -2.27. The van der Waals surface area contributed by atoms with Gasteiger partial charge in [0.2, 0.25) is 4.73 Å². The fraction of sp³-hybridized carbons (Fsp3) is 0.235. The van der Waals surface area contributed by atoms with Crippen molar-refractivity contribution in [3.63, 3.8) is 0 Å². The molecule has 8 heteroatoms. The van der Waals surface area contributed by atoms with Gasteiger partial charge in [0.1, 0.15) is 9.75 Å². The van der Waals surface area contributed by atoms with Crippen LogP contribution in [0, 0.1) is 6.92 Å². The van der Waals surface area contributed by atoms with E-state index in [-0.39, 0.29) is 0 Å². The van der Waals surface area contributed by atoms with Gasteiger partial charge >= 0.3 is 5.97 Å². The Labute approximate surface area is 162 Å². The average molecular weight is 438 g/mol. The van der Waals surface area contributed by atoms with Gasteiger partial charge in [-0.15, -0.1) is 21.5 Å². The number of thioether (sulfide) groups is 1. The van der Waals surface area contributed by atoms with Crippen LogP contribution in [-0.4, -0.2) is 30.6 Å². The second-order valence-electron chi connectivity index (χ2n) is 5.97. The number of halogens is 1. The van der Waals surface area contributed by atoms with Crippen molar-refractivity contribution >= 4 is 45.0 Å². The lowest BCUT2D eigenvalue weighted by molar-refractivity contribution is -0.138. The normalized spacial score (nSPS) is 11.7. The minimum Gasteiger partial charge on any atom is -0.480 e. The lowest BCUT2D eigenvalue weighted by atomic mass is 10.1. The number of carboxylic acids is 1. The predicted molar refractivity (Wildman–Crippen MR) is 105 cm³/mol. The molecule has 2 heterocycles. The van der Waals surface area contributed by atoms with Crippen molar-refractivity contribution in [1.29, 1.82) is 0 Å². The maximum atomic E-state index is 11.4. The van der Waals surface area contributed by atoms with Crippen LogP contribution < -0.4 is 0 Å². The van der Waals surface area contributed by atoms with Crippen molar-refractivity contribution in [2.75, 3.05) is 0 Å². The standard InChI is InChI=1S/C17H16BrN3O2S2/c1-10-9-12(24-13(10)11-7-5-4-6-8-11)21-15(18)19-20-16(21)25-17(2,3)14(22)23/h4-9H,1-3H3,(H,22,23). The minimum absolute atomic E-state index is 0.542. The van der Waals surface area contributed by atoms with Crippen molar-refractivity contribution in [3.05, 3.63) is 46.7 Å². The first kappa shape index (κ1) is 18.2. The Morgan fingerprint density at radius 2 is 1.96 bits per heavy atom. The topological polar surface area (TPSA) is 68.0 Å². The van der Waals surface area contributed by atoms with Crippen LogP contribution in [0.2, 0.25) is 0 Å². The molecule has 0 fully saturated rings. The molecule has 1 aromatic carbocycles. The second kappa shape index (κ2) is 6.93. The van der Waals surface area contributed by atoms with Crippen LogP contribution in [0.15, 0.2) is 46.3 Å². The van der Waals surface area contributed by atoms with Gasteiger partial charge in [0.25, 0.3) is 0 Å². The Kier molecular flexibility index (Phi) is 5.04. The Hall–Kier alpha value is -1.64. The Morgan fingerprint density at radius 1 is 1.28 bits per heavy atom. The molecule has 0 amide bonds. The monoisotopic (exact) mass is 437 g/mol. The van der Waals surface area contributed by atoms with E-state index in [2.05, 4.69) is 51.3 Å². The molecule has 25 heavy (non-hydrogen) atoms. The zero-order valence-corrected chi connectivity index (χ0v) is 17.1. The molecule has 0 saturated heterocycles. The van der Waals surface area contributed by atoms with Crippen LogP contribution in [0.25, 0.3) is 15.4 Å². The highest BCUT2D eigenvalue weighted by atomic mass is 79.9. The van der Waals surface area contributed by atoms with Crippen LogP contribution in [0.1, 0.15) is 19.4 Å². The van der Waals surface area contributed by atoms with Crippen molar-refractivity contribution in [2.24, 2.45) is 0 Å². The molecule has 0 unspecified atom stereocenters. The van der Waals surface area contributed by atoms with Crippen LogP contribution in [-0.2, 0) is 4.79 Å². The average Bonchev–Trinajstić information content (AvgIpc) is 3.10. The summed E-state index contributed by atoms with van der Waals surface area (Å²) in [6, 6.07) is 12.2. The Morgan fingerprint density at radius 3 is 2.60 bits per heavy atom. The summed E-state index contributed by atoms with van der Waals surface area (Å²) in [4.78, 5) is 12.6. The smallest absolute Gasteiger partial charge is 0.319 e. The zero-order valence-electron chi connectivity index (χ0n) is 13.9. The molecule has 0 radical (unpaired) electrons. The third kappa shape index (κ3) is 3.65. The summed E-state index contributed by atoms with van der Waals surface area (Å²) in [6.07, 6.45) is 0. The van der Waals surface area contributed by atoms with E-state index in [1.165, 1.54) is 16.6 Å². The highest BCUT2D eigenvalue weighted by Gasteiger charge is 2.32. The number of carbonyl (C=O) groups is 1. The molecule has 2 aromatic heterocycles. The molecule has 0 aliphatic heterocycles. The zero-order chi connectivity index (χ0) is 18.2. The summed E-state index contributed by atoms with van der Waals surface area (Å²) in [5, 5.41) is 19.1. The van der Waals surface area contributed by atoms with E-state index in [0.717, 1.165) is 16.1 Å². The number of aromatic nitrogens is 3. The van der Waals surface area contributed by atoms with Gasteiger partial charge in [-0.05, 0) is 53.9 Å². The number of rotatable bonds is 5. The van der Waals surface area contributed by atoms with Crippen LogP contribution in [0.4, 0.5) is 0 Å². The van der Waals surface area contributed by atoms with Crippen molar-refractivity contribution < 1.29 is 9.90 Å². The number of benzene rings is 1. The first-order chi connectivity index (χ1) is 11.8. The van der Waals surface area contributed by atoms with Crippen LogP contribution in [0.5, 0.6) is 0 Å². The first-order valence-electron chi connectivity index (χ1n) is 7.49. The van der Waals surface area contributed by atoms with Crippen molar-refractivity contribution in [2.45, 2.75) is 30.7 Å². The van der Waals surface area contributed by atoms with E-state index in [4.69, 9.17) is 0 Å². The number of carboxylic acid groups (broad SMARTS) is 1. The van der Waals surface area contributed by atoms with Gasteiger partial charge in [-0.25, -0.2) is 0 Å². The second-order valence-corrected chi connectivity index (χ2v) is 9.30. The van der Waals surface area contributed by atoms with Gasteiger partial charge in [-0.2, -0.15) is 0 Å². The Balaban J connectivity index is 2.04. The molecule has 0 bridgehead atoms. The molecule has 0 atom stereocenters. The van der Waals surface area contributed by atoms with E-state index in [9.17, 15) is 9.90 Å². The van der Waals surface area contributed by atoms with Gasteiger partial charge in [0, 0.05) is 4.88 Å². The van der Waals surface area contributed by atoms with Crippen LogP contribution in [0.3, 0.4) is 0 Å². The third-order valence-corrected chi connectivity index (χ3v) is 6.53. The molecular formula is C17H16BrN3O2S2. The number of thiophene rings is 1. The molecule has 0 saturated carbocycles. The summed E-state index contributed by atoms with van der Waals surface area (Å²) in [5.41, 5.74) is 2.31. The minimum atomic E-state index is -1.00. The van der Waals surface area contributed by atoms with Crippen molar-refractivity contribution in [1.82, 2.24) is 14.8 Å². The van der Waals surface area contributed by atoms with E-state index >= 15 is 0 Å². The molecule has 3 aromatic rings. The molecule has 5 nitrogen and oxygen atoms in total. The summed E-state index contributed by atoms with van der Waals surface area (Å²) < 4.78 is 1.40. The molecule has 3 rings (SSSR count). The Bertz CT molecular complexity index is 919. The van der Waals surface area contributed by atoms with Crippen molar-refractivity contribution in [3.8, 4) is 15.4 Å². The van der Waals surface area contributed by atoms with Gasteiger partial charge in [0.05, 0.1) is 0 Å². The highest BCUT2D eigenvalue weighted by Crippen LogP contribution is 2.39. The van der Waals surface area contributed by atoms with Crippen LogP contribution >= 0.6 is 39.0 Å². The lowest BCUT2D eigenvalue weighted by Gasteiger charge is -2.17.